The molecule has 1 aromatic carbocycles. The number of hydrogen-bond acceptors (Lipinski definition) is 4. The van der Waals surface area contributed by atoms with Crippen LogP contribution in [0, 0.1) is 11.3 Å². The molecule has 3 rings (SSSR count). The van der Waals surface area contributed by atoms with Crippen molar-refractivity contribution in [2.24, 2.45) is 7.05 Å². The van der Waals surface area contributed by atoms with Crippen molar-refractivity contribution < 1.29 is 9.53 Å². The lowest BCUT2D eigenvalue weighted by Crippen LogP contribution is -2.49. The number of hydrogen-bond donors (Lipinski definition) is 0. The van der Waals surface area contributed by atoms with Gasteiger partial charge in [-0.1, -0.05) is 18.2 Å². The molecule has 1 fully saturated rings. The third-order valence-corrected chi connectivity index (χ3v) is 4.43. The van der Waals surface area contributed by atoms with E-state index < -0.39 is 0 Å². The highest BCUT2D eigenvalue weighted by atomic mass is 16.5. The third kappa shape index (κ3) is 4.20. The summed E-state index contributed by atoms with van der Waals surface area (Å²) >= 11 is 0. The van der Waals surface area contributed by atoms with Crippen LogP contribution in [0.3, 0.4) is 0 Å². The zero-order valence-corrected chi connectivity index (χ0v) is 14.4. The van der Waals surface area contributed by atoms with Crippen LogP contribution in [0.5, 0.6) is 5.75 Å². The highest BCUT2D eigenvalue weighted by Gasteiger charge is 2.24. The van der Waals surface area contributed by atoms with E-state index in [9.17, 15) is 4.79 Å². The molecule has 0 N–H and O–H groups in total. The average Bonchev–Trinajstić information content (AvgIpc) is 3.03. The summed E-state index contributed by atoms with van der Waals surface area (Å²) in [5, 5.41) is 8.96. The molecule has 1 saturated heterocycles. The van der Waals surface area contributed by atoms with E-state index >= 15 is 0 Å². The summed E-state index contributed by atoms with van der Waals surface area (Å²) in [5.41, 5.74) is 1.08. The molecule has 1 amide bonds. The number of nitrogens with zero attached hydrogens (tertiary/aromatic N) is 4. The van der Waals surface area contributed by atoms with Gasteiger partial charge in [0.2, 0.25) is 0 Å². The molecule has 2 heterocycles. The molecule has 0 radical (unpaired) electrons. The van der Waals surface area contributed by atoms with Gasteiger partial charge in [0, 0.05) is 46.0 Å². The minimum atomic E-state index is -0.0100. The summed E-state index contributed by atoms with van der Waals surface area (Å²) in [6.45, 7) is 4.54. The van der Waals surface area contributed by atoms with Crippen molar-refractivity contribution in [1.82, 2.24) is 14.4 Å². The fraction of sp³-hybridized carbons (Fsp3) is 0.368. The Morgan fingerprint density at radius 3 is 2.56 bits per heavy atom. The SMILES string of the molecule is Cn1cc(C#N)cc1C(=O)N1CCN(CCOc2ccccc2)CC1. The van der Waals surface area contributed by atoms with E-state index in [1.165, 1.54) is 0 Å². The smallest absolute Gasteiger partial charge is 0.270 e. The maximum atomic E-state index is 12.6. The molecule has 0 unspecified atom stereocenters. The van der Waals surface area contributed by atoms with E-state index in [1.54, 1.807) is 23.9 Å². The molecule has 0 aliphatic carbocycles. The quantitative estimate of drug-likeness (QED) is 0.833. The fourth-order valence-electron chi connectivity index (χ4n) is 2.98. The second-order valence-corrected chi connectivity index (χ2v) is 6.13. The first-order valence-electron chi connectivity index (χ1n) is 8.43. The van der Waals surface area contributed by atoms with E-state index in [4.69, 9.17) is 10.00 Å². The Morgan fingerprint density at radius 2 is 1.92 bits per heavy atom. The van der Waals surface area contributed by atoms with Crippen molar-refractivity contribution in [2.75, 3.05) is 39.3 Å². The summed E-state index contributed by atoms with van der Waals surface area (Å²) in [6, 6.07) is 13.5. The van der Waals surface area contributed by atoms with Gasteiger partial charge < -0.3 is 14.2 Å². The van der Waals surface area contributed by atoms with E-state index in [0.29, 0.717) is 31.0 Å². The molecule has 0 bridgehead atoms. The standard InChI is InChI=1S/C19H22N4O2/c1-21-15-16(14-20)13-18(21)19(24)23-9-7-22(8-10-23)11-12-25-17-5-3-2-4-6-17/h2-6,13,15H,7-12H2,1H3. The first-order valence-corrected chi connectivity index (χ1v) is 8.43. The van der Waals surface area contributed by atoms with Crippen LogP contribution in [-0.4, -0.2) is 59.6 Å². The maximum absolute atomic E-state index is 12.6. The van der Waals surface area contributed by atoms with Gasteiger partial charge in [0.05, 0.1) is 5.56 Å². The minimum Gasteiger partial charge on any atom is -0.492 e. The Kier molecular flexibility index (Phi) is 5.36. The summed E-state index contributed by atoms with van der Waals surface area (Å²) in [5.74, 6) is 0.873. The summed E-state index contributed by atoms with van der Waals surface area (Å²) in [7, 11) is 1.80. The Bertz CT molecular complexity index is 755. The van der Waals surface area contributed by atoms with Crippen LogP contribution >= 0.6 is 0 Å². The van der Waals surface area contributed by atoms with Crippen molar-refractivity contribution in [3.05, 3.63) is 53.9 Å². The molecule has 130 valence electrons. The average molecular weight is 338 g/mol. The number of carbonyl (C=O) groups is 1. The van der Waals surface area contributed by atoms with E-state index in [2.05, 4.69) is 11.0 Å². The summed E-state index contributed by atoms with van der Waals surface area (Å²) < 4.78 is 7.45. The number of ether oxygens (including phenoxy) is 1. The zero-order valence-electron chi connectivity index (χ0n) is 14.4. The molecule has 0 atom stereocenters. The second-order valence-electron chi connectivity index (χ2n) is 6.13. The van der Waals surface area contributed by atoms with Gasteiger partial charge in [0.1, 0.15) is 24.1 Å². The zero-order chi connectivity index (χ0) is 17.6. The largest absolute Gasteiger partial charge is 0.492 e. The number of aryl methyl sites for hydroxylation is 1. The summed E-state index contributed by atoms with van der Waals surface area (Å²) in [4.78, 5) is 16.8. The lowest BCUT2D eigenvalue weighted by Gasteiger charge is -2.34. The summed E-state index contributed by atoms with van der Waals surface area (Å²) in [6.07, 6.45) is 1.68. The monoisotopic (exact) mass is 338 g/mol. The minimum absolute atomic E-state index is 0.0100. The van der Waals surface area contributed by atoms with Crippen molar-refractivity contribution in [2.45, 2.75) is 0 Å². The molecule has 25 heavy (non-hydrogen) atoms. The Balaban J connectivity index is 1.46. The van der Waals surface area contributed by atoms with E-state index in [0.717, 1.165) is 25.4 Å². The van der Waals surface area contributed by atoms with Gasteiger partial charge in [-0.25, -0.2) is 0 Å². The highest BCUT2D eigenvalue weighted by Crippen LogP contribution is 2.12. The van der Waals surface area contributed by atoms with Crippen LogP contribution in [0.1, 0.15) is 16.1 Å². The molecule has 0 saturated carbocycles. The van der Waals surface area contributed by atoms with E-state index in [1.807, 2.05) is 35.2 Å². The normalized spacial score (nSPS) is 15.0. The van der Waals surface area contributed by atoms with Gasteiger partial charge in [0.25, 0.3) is 5.91 Å². The Morgan fingerprint density at radius 1 is 1.20 bits per heavy atom. The van der Waals surface area contributed by atoms with Crippen LogP contribution < -0.4 is 4.74 Å². The van der Waals surface area contributed by atoms with E-state index in [-0.39, 0.29) is 5.91 Å². The Hall–Kier alpha value is -2.78. The maximum Gasteiger partial charge on any atom is 0.270 e. The van der Waals surface area contributed by atoms with Crippen LogP contribution in [0.2, 0.25) is 0 Å². The topological polar surface area (TPSA) is 61.5 Å². The van der Waals surface area contributed by atoms with Gasteiger partial charge in [0.15, 0.2) is 0 Å². The number of para-hydroxylation sites is 1. The van der Waals surface area contributed by atoms with Crippen LogP contribution in [0.15, 0.2) is 42.6 Å². The first-order chi connectivity index (χ1) is 12.2. The Labute approximate surface area is 147 Å². The number of aromatic nitrogens is 1. The number of benzene rings is 1. The second kappa shape index (κ2) is 7.86. The van der Waals surface area contributed by atoms with Gasteiger partial charge >= 0.3 is 0 Å². The third-order valence-electron chi connectivity index (χ3n) is 4.43. The van der Waals surface area contributed by atoms with Crippen LogP contribution in [0.25, 0.3) is 0 Å². The molecular formula is C19H22N4O2. The molecule has 1 aliphatic rings. The van der Waals surface area contributed by atoms with Crippen molar-refractivity contribution in [3.8, 4) is 11.8 Å². The van der Waals surface area contributed by atoms with Gasteiger partial charge in [-0.3, -0.25) is 9.69 Å². The van der Waals surface area contributed by atoms with Crippen LogP contribution in [0.4, 0.5) is 0 Å². The number of rotatable bonds is 5. The molecular weight excluding hydrogens is 316 g/mol. The fourth-order valence-corrected chi connectivity index (χ4v) is 2.98. The lowest BCUT2D eigenvalue weighted by molar-refractivity contribution is 0.0611. The molecule has 1 aromatic heterocycles. The highest BCUT2D eigenvalue weighted by molar-refractivity contribution is 5.93. The number of amides is 1. The number of nitriles is 1. The first kappa shape index (κ1) is 17.1. The lowest BCUT2D eigenvalue weighted by atomic mass is 10.2. The molecule has 6 heteroatoms. The predicted octanol–water partition coefficient (Wildman–Crippen LogP) is 1.73. The molecule has 2 aromatic rings. The van der Waals surface area contributed by atoms with Crippen LogP contribution in [-0.2, 0) is 7.05 Å². The molecule has 6 nitrogen and oxygen atoms in total. The molecule has 0 spiro atoms. The number of carbonyl (C=O) groups excluding carboxylic acids is 1. The van der Waals surface area contributed by atoms with Crippen molar-refractivity contribution >= 4 is 5.91 Å². The molecule has 1 aliphatic heterocycles. The van der Waals surface area contributed by atoms with Gasteiger partial charge in [-0.15, -0.1) is 0 Å². The number of piperazine rings is 1. The van der Waals surface area contributed by atoms with Gasteiger partial charge in [-0.2, -0.15) is 5.26 Å². The van der Waals surface area contributed by atoms with Crippen molar-refractivity contribution in [3.63, 3.8) is 0 Å². The van der Waals surface area contributed by atoms with Crippen molar-refractivity contribution in [1.29, 1.82) is 5.26 Å². The predicted molar refractivity (Wildman–Crippen MR) is 94.4 cm³/mol. The van der Waals surface area contributed by atoms with Gasteiger partial charge in [-0.05, 0) is 18.2 Å².